The van der Waals surface area contributed by atoms with Gasteiger partial charge in [-0.3, -0.25) is 4.79 Å². The van der Waals surface area contributed by atoms with E-state index in [1.165, 1.54) is 24.4 Å². The summed E-state index contributed by atoms with van der Waals surface area (Å²) in [5, 5.41) is 6.96. The highest BCUT2D eigenvalue weighted by Crippen LogP contribution is 2.15. The van der Waals surface area contributed by atoms with Crippen molar-refractivity contribution in [2.75, 3.05) is 6.54 Å². The van der Waals surface area contributed by atoms with Crippen LogP contribution in [0.4, 0.5) is 8.78 Å². The molecule has 0 saturated carbocycles. The number of hydrogen-bond acceptors (Lipinski definition) is 2. The molecule has 1 amide bonds. The molecule has 0 saturated heterocycles. The lowest BCUT2D eigenvalue weighted by Gasteiger charge is -2.07. The highest BCUT2D eigenvalue weighted by molar-refractivity contribution is 5.95. The van der Waals surface area contributed by atoms with Crippen molar-refractivity contribution in [2.45, 2.75) is 13.3 Å². The van der Waals surface area contributed by atoms with Crippen molar-refractivity contribution in [3.05, 3.63) is 83.2 Å². The van der Waals surface area contributed by atoms with Crippen LogP contribution < -0.4 is 5.32 Å². The monoisotopic (exact) mass is 341 g/mol. The Morgan fingerprint density at radius 3 is 2.56 bits per heavy atom. The van der Waals surface area contributed by atoms with Crippen molar-refractivity contribution in [1.82, 2.24) is 15.1 Å². The molecule has 4 nitrogen and oxygen atoms in total. The van der Waals surface area contributed by atoms with Gasteiger partial charge in [-0.2, -0.15) is 5.10 Å². The van der Waals surface area contributed by atoms with Gasteiger partial charge in [0.2, 0.25) is 0 Å². The number of carbonyl (C=O) groups excluding carboxylic acids is 1. The summed E-state index contributed by atoms with van der Waals surface area (Å²) in [6.45, 7) is 2.09. The Morgan fingerprint density at radius 1 is 1.12 bits per heavy atom. The quantitative estimate of drug-likeness (QED) is 0.773. The first-order chi connectivity index (χ1) is 12.1. The molecule has 0 spiro atoms. The Hall–Kier alpha value is -3.02. The van der Waals surface area contributed by atoms with Gasteiger partial charge >= 0.3 is 0 Å². The molecule has 0 fully saturated rings. The van der Waals surface area contributed by atoms with Crippen molar-refractivity contribution in [3.63, 3.8) is 0 Å². The predicted molar refractivity (Wildman–Crippen MR) is 90.7 cm³/mol. The molecule has 2 aromatic carbocycles. The molecular weight excluding hydrogens is 324 g/mol. The van der Waals surface area contributed by atoms with E-state index in [0.717, 1.165) is 0 Å². The molecule has 0 aliphatic carbocycles. The molecule has 0 unspecified atom stereocenters. The summed E-state index contributed by atoms with van der Waals surface area (Å²) >= 11 is 0. The Labute approximate surface area is 144 Å². The molecule has 3 aromatic rings. The van der Waals surface area contributed by atoms with Gasteiger partial charge in [0.05, 0.1) is 23.1 Å². The molecule has 1 N–H and O–H groups in total. The topological polar surface area (TPSA) is 46.9 Å². The second-order valence-electron chi connectivity index (χ2n) is 5.63. The van der Waals surface area contributed by atoms with Crippen LogP contribution >= 0.6 is 0 Å². The van der Waals surface area contributed by atoms with Crippen molar-refractivity contribution < 1.29 is 13.6 Å². The van der Waals surface area contributed by atoms with Gasteiger partial charge in [-0.05, 0) is 49.2 Å². The third-order valence-electron chi connectivity index (χ3n) is 3.96. The van der Waals surface area contributed by atoms with E-state index in [0.29, 0.717) is 35.5 Å². The largest absolute Gasteiger partial charge is 0.352 e. The highest BCUT2D eigenvalue weighted by Gasteiger charge is 2.15. The van der Waals surface area contributed by atoms with Crippen LogP contribution in [0, 0.1) is 18.6 Å². The fourth-order valence-corrected chi connectivity index (χ4v) is 2.58. The molecule has 0 radical (unpaired) electrons. The SMILES string of the molecule is Cc1c(C(=O)NCCc2ccccc2F)cnn1-c1ccc(F)cc1. The van der Waals surface area contributed by atoms with Crippen molar-refractivity contribution in [3.8, 4) is 5.69 Å². The van der Waals surface area contributed by atoms with E-state index in [1.807, 2.05) is 0 Å². The summed E-state index contributed by atoms with van der Waals surface area (Å²) < 4.78 is 28.2. The Bertz CT molecular complexity index is 888. The maximum atomic E-state index is 13.6. The lowest BCUT2D eigenvalue weighted by Crippen LogP contribution is -2.26. The van der Waals surface area contributed by atoms with E-state index in [4.69, 9.17) is 0 Å². The Kier molecular flexibility index (Phi) is 4.88. The summed E-state index contributed by atoms with van der Waals surface area (Å²) in [5.41, 5.74) is 2.30. The van der Waals surface area contributed by atoms with E-state index in [1.54, 1.807) is 41.9 Å². The molecule has 1 heterocycles. The van der Waals surface area contributed by atoms with Gasteiger partial charge < -0.3 is 5.32 Å². The summed E-state index contributed by atoms with van der Waals surface area (Å²) in [5.74, 6) is -0.890. The highest BCUT2D eigenvalue weighted by atomic mass is 19.1. The fraction of sp³-hybridized carbons (Fsp3) is 0.158. The third-order valence-corrected chi connectivity index (χ3v) is 3.96. The molecule has 0 aliphatic rings. The van der Waals surface area contributed by atoms with Gasteiger partial charge in [-0.15, -0.1) is 0 Å². The minimum Gasteiger partial charge on any atom is -0.352 e. The van der Waals surface area contributed by atoms with Gasteiger partial charge in [0.15, 0.2) is 0 Å². The van der Waals surface area contributed by atoms with Crippen LogP contribution in [0.25, 0.3) is 5.69 Å². The summed E-state index contributed by atoms with van der Waals surface area (Å²) in [6, 6.07) is 12.3. The molecular formula is C19H17F2N3O. The van der Waals surface area contributed by atoms with Gasteiger partial charge in [-0.1, -0.05) is 18.2 Å². The third kappa shape index (κ3) is 3.74. The second-order valence-corrected chi connectivity index (χ2v) is 5.63. The predicted octanol–water partition coefficient (Wildman–Crippen LogP) is 3.43. The van der Waals surface area contributed by atoms with E-state index < -0.39 is 0 Å². The number of benzene rings is 2. The molecule has 0 aliphatic heterocycles. The van der Waals surface area contributed by atoms with Crippen LogP contribution in [0.2, 0.25) is 0 Å². The van der Waals surface area contributed by atoms with Gasteiger partial charge in [0.1, 0.15) is 11.6 Å². The number of halogens is 2. The minimum atomic E-state index is -0.334. The van der Waals surface area contributed by atoms with Crippen molar-refractivity contribution >= 4 is 5.91 Å². The Balaban J connectivity index is 1.67. The van der Waals surface area contributed by atoms with Crippen LogP contribution in [0.5, 0.6) is 0 Å². The second kappa shape index (κ2) is 7.25. The lowest BCUT2D eigenvalue weighted by molar-refractivity contribution is 0.0953. The average Bonchev–Trinajstić information content (AvgIpc) is 2.99. The number of hydrogen-bond donors (Lipinski definition) is 1. The van der Waals surface area contributed by atoms with Crippen molar-refractivity contribution in [1.29, 1.82) is 0 Å². The molecule has 1 aromatic heterocycles. The zero-order valence-corrected chi connectivity index (χ0v) is 13.7. The number of aromatic nitrogens is 2. The fourth-order valence-electron chi connectivity index (χ4n) is 2.58. The summed E-state index contributed by atoms with van der Waals surface area (Å²) in [6.07, 6.45) is 1.88. The van der Waals surface area contributed by atoms with Gasteiger partial charge in [-0.25, -0.2) is 13.5 Å². The zero-order valence-electron chi connectivity index (χ0n) is 13.7. The number of rotatable bonds is 5. The van der Waals surface area contributed by atoms with Crippen LogP contribution in [-0.2, 0) is 6.42 Å². The summed E-state index contributed by atoms with van der Waals surface area (Å²) in [7, 11) is 0. The van der Waals surface area contributed by atoms with Gasteiger partial charge in [0, 0.05) is 6.54 Å². The van der Waals surface area contributed by atoms with Crippen LogP contribution in [0.1, 0.15) is 21.6 Å². The summed E-state index contributed by atoms with van der Waals surface area (Å²) in [4.78, 5) is 12.3. The van der Waals surface area contributed by atoms with E-state index in [9.17, 15) is 13.6 Å². The maximum Gasteiger partial charge on any atom is 0.254 e. The minimum absolute atomic E-state index is 0.276. The van der Waals surface area contributed by atoms with E-state index in [2.05, 4.69) is 10.4 Å². The lowest BCUT2D eigenvalue weighted by atomic mass is 10.1. The standard InChI is InChI=1S/C19H17F2N3O/c1-13-17(12-23-24(13)16-8-6-15(20)7-9-16)19(25)22-11-10-14-4-2-3-5-18(14)21/h2-9,12H,10-11H2,1H3,(H,22,25). The van der Waals surface area contributed by atoms with Crippen LogP contribution in [0.15, 0.2) is 54.7 Å². The normalized spacial score (nSPS) is 10.7. The van der Waals surface area contributed by atoms with Crippen LogP contribution in [0.3, 0.4) is 0 Å². The zero-order chi connectivity index (χ0) is 17.8. The first kappa shape index (κ1) is 16.8. The molecule has 0 bridgehead atoms. The van der Waals surface area contributed by atoms with E-state index >= 15 is 0 Å². The number of nitrogens with zero attached hydrogens (tertiary/aromatic N) is 2. The average molecular weight is 341 g/mol. The first-order valence-electron chi connectivity index (χ1n) is 7.88. The maximum absolute atomic E-state index is 13.6. The van der Waals surface area contributed by atoms with E-state index in [-0.39, 0.29) is 17.5 Å². The molecule has 0 atom stereocenters. The number of nitrogens with one attached hydrogen (secondary N) is 1. The number of carbonyl (C=O) groups is 1. The van der Waals surface area contributed by atoms with Crippen molar-refractivity contribution in [2.24, 2.45) is 0 Å². The van der Waals surface area contributed by atoms with Crippen LogP contribution in [-0.4, -0.2) is 22.2 Å². The Morgan fingerprint density at radius 2 is 1.84 bits per heavy atom. The molecule has 25 heavy (non-hydrogen) atoms. The molecule has 6 heteroatoms. The molecule has 3 rings (SSSR count). The first-order valence-corrected chi connectivity index (χ1v) is 7.88. The number of amides is 1. The smallest absolute Gasteiger partial charge is 0.254 e. The molecule has 128 valence electrons. The van der Waals surface area contributed by atoms with Gasteiger partial charge in [0.25, 0.3) is 5.91 Å².